The Hall–Kier alpha value is -3.03. The lowest BCUT2D eigenvalue weighted by Gasteiger charge is -2.24. The van der Waals surface area contributed by atoms with E-state index in [0.29, 0.717) is 16.5 Å². The Bertz CT molecular complexity index is 1160. The maximum Gasteiger partial charge on any atom is 0.264 e. The molecule has 0 aromatic heterocycles. The summed E-state index contributed by atoms with van der Waals surface area (Å²) in [5.74, 6) is 0.279. The van der Waals surface area contributed by atoms with Gasteiger partial charge in [0.05, 0.1) is 17.1 Å². The summed E-state index contributed by atoms with van der Waals surface area (Å²) in [6.45, 7) is 4.02. The van der Waals surface area contributed by atoms with Crippen molar-refractivity contribution in [1.29, 1.82) is 0 Å². The lowest BCUT2D eigenvalue weighted by Crippen LogP contribution is -2.41. The lowest BCUT2D eigenvalue weighted by molar-refractivity contribution is -0.119. The maximum atomic E-state index is 13.3. The van der Waals surface area contributed by atoms with E-state index in [-0.39, 0.29) is 24.6 Å². The minimum absolute atomic E-state index is 0.0538. The summed E-state index contributed by atoms with van der Waals surface area (Å²) in [7, 11) is -3.97. The second kappa shape index (κ2) is 10.5. The number of halogens is 1. The molecule has 0 heterocycles. The van der Waals surface area contributed by atoms with Crippen molar-refractivity contribution in [2.24, 2.45) is 0 Å². The van der Waals surface area contributed by atoms with Crippen LogP contribution in [0.1, 0.15) is 11.1 Å². The minimum Gasteiger partial charge on any atom is -0.492 e. The van der Waals surface area contributed by atoms with Crippen molar-refractivity contribution in [3.8, 4) is 5.75 Å². The Labute approximate surface area is 193 Å². The summed E-state index contributed by atoms with van der Waals surface area (Å²) in [6, 6.07) is 20.4. The van der Waals surface area contributed by atoms with Gasteiger partial charge in [-0.15, -0.1) is 0 Å². The van der Waals surface area contributed by atoms with Crippen LogP contribution in [-0.4, -0.2) is 34.0 Å². The molecular weight excluding hydrogens is 448 g/mol. The Morgan fingerprint density at radius 3 is 2.31 bits per heavy atom. The molecule has 8 heteroatoms. The van der Waals surface area contributed by atoms with Crippen LogP contribution in [0.2, 0.25) is 5.02 Å². The summed E-state index contributed by atoms with van der Waals surface area (Å²) in [5, 5.41) is 3.15. The van der Waals surface area contributed by atoms with Crippen molar-refractivity contribution in [2.75, 3.05) is 24.0 Å². The van der Waals surface area contributed by atoms with E-state index in [2.05, 4.69) is 5.32 Å². The summed E-state index contributed by atoms with van der Waals surface area (Å²) in [4.78, 5) is 12.7. The first-order valence-corrected chi connectivity index (χ1v) is 11.9. The number of aryl methyl sites for hydroxylation is 2. The lowest BCUT2D eigenvalue weighted by atomic mass is 10.2. The zero-order valence-electron chi connectivity index (χ0n) is 17.9. The van der Waals surface area contributed by atoms with Gasteiger partial charge in [-0.3, -0.25) is 9.10 Å². The van der Waals surface area contributed by atoms with E-state index in [1.165, 1.54) is 24.3 Å². The monoisotopic (exact) mass is 472 g/mol. The van der Waals surface area contributed by atoms with E-state index in [4.69, 9.17) is 16.3 Å². The van der Waals surface area contributed by atoms with Gasteiger partial charge in [0, 0.05) is 5.02 Å². The molecule has 168 valence electrons. The summed E-state index contributed by atoms with van der Waals surface area (Å²) in [5.41, 5.74) is 2.46. The van der Waals surface area contributed by atoms with Crippen LogP contribution >= 0.6 is 11.6 Å². The molecule has 32 heavy (non-hydrogen) atoms. The van der Waals surface area contributed by atoms with E-state index in [1.54, 1.807) is 24.3 Å². The van der Waals surface area contributed by atoms with Gasteiger partial charge in [-0.25, -0.2) is 8.42 Å². The van der Waals surface area contributed by atoms with Gasteiger partial charge in [-0.2, -0.15) is 0 Å². The zero-order chi connectivity index (χ0) is 23.1. The largest absolute Gasteiger partial charge is 0.492 e. The Kier molecular flexibility index (Phi) is 7.77. The number of nitrogens with zero attached hydrogens (tertiary/aromatic N) is 1. The van der Waals surface area contributed by atoms with Crippen molar-refractivity contribution < 1.29 is 17.9 Å². The number of rotatable bonds is 9. The van der Waals surface area contributed by atoms with Gasteiger partial charge in [0.25, 0.3) is 10.0 Å². The molecule has 6 nitrogen and oxygen atoms in total. The minimum atomic E-state index is -3.97. The molecule has 0 aliphatic rings. The van der Waals surface area contributed by atoms with Gasteiger partial charge in [-0.05, 0) is 67.9 Å². The molecule has 0 spiro atoms. The first-order chi connectivity index (χ1) is 15.3. The smallest absolute Gasteiger partial charge is 0.264 e. The van der Waals surface area contributed by atoms with Gasteiger partial charge < -0.3 is 10.1 Å². The molecule has 0 fully saturated rings. The third-order valence-corrected chi connectivity index (χ3v) is 6.73. The molecule has 0 unspecified atom stereocenters. The van der Waals surface area contributed by atoms with E-state index in [9.17, 15) is 13.2 Å². The first kappa shape index (κ1) is 23.6. The van der Waals surface area contributed by atoms with Crippen molar-refractivity contribution >= 4 is 33.2 Å². The molecule has 3 aromatic rings. The average Bonchev–Trinajstić information content (AvgIpc) is 2.76. The number of hydrogen-bond acceptors (Lipinski definition) is 4. The summed E-state index contributed by atoms with van der Waals surface area (Å²) < 4.78 is 33.3. The van der Waals surface area contributed by atoms with Crippen molar-refractivity contribution in [2.45, 2.75) is 18.7 Å². The molecular formula is C24H25ClN2O4S. The molecule has 3 aromatic carbocycles. The van der Waals surface area contributed by atoms with Gasteiger partial charge in [0.2, 0.25) is 5.91 Å². The number of ether oxygens (including phenoxy) is 1. The zero-order valence-corrected chi connectivity index (χ0v) is 19.5. The number of hydrogen-bond donors (Lipinski definition) is 1. The van der Waals surface area contributed by atoms with E-state index in [0.717, 1.165) is 15.4 Å². The van der Waals surface area contributed by atoms with Gasteiger partial charge in [-0.1, -0.05) is 41.4 Å². The highest BCUT2D eigenvalue weighted by atomic mass is 35.5. The summed E-state index contributed by atoms with van der Waals surface area (Å²) in [6.07, 6.45) is 0. The molecule has 1 amide bonds. The summed E-state index contributed by atoms with van der Waals surface area (Å²) >= 11 is 5.90. The SMILES string of the molecule is Cc1ccc(N(CC(=O)NCCOc2cccc(C)c2)S(=O)(=O)c2ccc(Cl)cc2)cc1. The molecule has 0 saturated carbocycles. The number of sulfonamides is 1. The molecule has 3 rings (SSSR count). The quantitative estimate of drug-likeness (QED) is 0.470. The molecule has 0 aliphatic heterocycles. The fourth-order valence-electron chi connectivity index (χ4n) is 3.01. The number of carbonyl (C=O) groups is 1. The Morgan fingerprint density at radius 2 is 1.66 bits per heavy atom. The van der Waals surface area contributed by atoms with Gasteiger partial charge in [0.1, 0.15) is 18.9 Å². The third-order valence-electron chi connectivity index (χ3n) is 4.69. The van der Waals surface area contributed by atoms with E-state index >= 15 is 0 Å². The predicted molar refractivity (Wildman–Crippen MR) is 127 cm³/mol. The predicted octanol–water partition coefficient (Wildman–Crippen LogP) is 4.35. The molecule has 0 atom stereocenters. The highest BCUT2D eigenvalue weighted by molar-refractivity contribution is 7.92. The van der Waals surface area contributed by atoms with Crippen LogP contribution in [0.3, 0.4) is 0 Å². The molecule has 1 N–H and O–H groups in total. The average molecular weight is 473 g/mol. The second-order valence-corrected chi connectivity index (χ2v) is 9.61. The topological polar surface area (TPSA) is 75.7 Å². The Morgan fingerprint density at radius 1 is 0.969 bits per heavy atom. The second-order valence-electron chi connectivity index (χ2n) is 7.32. The van der Waals surface area contributed by atoms with Crippen LogP contribution in [0, 0.1) is 13.8 Å². The first-order valence-electron chi connectivity index (χ1n) is 10.1. The number of carbonyl (C=O) groups excluding carboxylic acids is 1. The number of anilines is 1. The van der Waals surface area contributed by atoms with Crippen LogP contribution in [0.5, 0.6) is 5.75 Å². The third kappa shape index (κ3) is 6.24. The fraction of sp³-hybridized carbons (Fsp3) is 0.208. The maximum absolute atomic E-state index is 13.3. The van der Waals surface area contributed by atoms with Crippen LogP contribution < -0.4 is 14.4 Å². The molecule has 0 saturated heterocycles. The van der Waals surface area contributed by atoms with E-state index in [1.807, 2.05) is 38.1 Å². The fourth-order valence-corrected chi connectivity index (χ4v) is 4.56. The molecule has 0 radical (unpaired) electrons. The highest BCUT2D eigenvalue weighted by Gasteiger charge is 2.27. The van der Waals surface area contributed by atoms with Crippen LogP contribution in [0.15, 0.2) is 77.7 Å². The van der Waals surface area contributed by atoms with Crippen LogP contribution in [0.4, 0.5) is 5.69 Å². The van der Waals surface area contributed by atoms with E-state index < -0.39 is 15.9 Å². The highest BCUT2D eigenvalue weighted by Crippen LogP contribution is 2.25. The molecule has 0 aliphatic carbocycles. The number of benzene rings is 3. The standard InChI is InChI=1S/C24H25ClN2O4S/c1-18-6-10-21(11-7-18)27(32(29,30)23-12-8-20(25)9-13-23)17-24(28)26-14-15-31-22-5-3-4-19(2)16-22/h3-13,16H,14-15,17H2,1-2H3,(H,26,28). The molecule has 0 bridgehead atoms. The normalized spacial score (nSPS) is 11.1. The number of amides is 1. The van der Waals surface area contributed by atoms with Crippen molar-refractivity contribution in [3.63, 3.8) is 0 Å². The van der Waals surface area contributed by atoms with Crippen LogP contribution in [0.25, 0.3) is 0 Å². The number of nitrogens with one attached hydrogen (secondary N) is 1. The van der Waals surface area contributed by atoms with Gasteiger partial charge >= 0.3 is 0 Å². The van der Waals surface area contributed by atoms with Crippen molar-refractivity contribution in [1.82, 2.24) is 5.32 Å². The Balaban J connectivity index is 1.70. The van der Waals surface area contributed by atoms with Crippen LogP contribution in [-0.2, 0) is 14.8 Å². The van der Waals surface area contributed by atoms with Crippen molar-refractivity contribution in [3.05, 3.63) is 88.9 Å². The van der Waals surface area contributed by atoms with Gasteiger partial charge in [0.15, 0.2) is 0 Å².